The molecule has 94 valence electrons. The van der Waals surface area contributed by atoms with Gasteiger partial charge < -0.3 is 14.8 Å². The van der Waals surface area contributed by atoms with Crippen molar-refractivity contribution in [3.8, 4) is 5.88 Å². The van der Waals surface area contributed by atoms with Crippen LogP contribution in [0.4, 0.5) is 5.69 Å². The third-order valence-corrected chi connectivity index (χ3v) is 1.85. The van der Waals surface area contributed by atoms with Crippen molar-refractivity contribution < 1.29 is 14.3 Å². The minimum absolute atomic E-state index is 0.0352. The third-order valence-electron chi connectivity index (χ3n) is 1.85. The number of hydrogen-bond acceptors (Lipinski definition) is 5. The maximum absolute atomic E-state index is 11.2. The number of rotatable bonds is 6. The Morgan fingerprint density at radius 1 is 1.53 bits per heavy atom. The fraction of sp³-hybridized carbons (Fsp3) is 0.500. The summed E-state index contributed by atoms with van der Waals surface area (Å²) in [6.45, 7) is 6.10. The lowest BCUT2D eigenvalue weighted by atomic mass is 10.4. The maximum Gasteiger partial charge on any atom is 0.325 e. The molecule has 0 aliphatic rings. The second-order valence-corrected chi connectivity index (χ2v) is 3.68. The molecular weight excluding hydrogens is 220 g/mol. The molecule has 0 saturated carbocycles. The molecule has 0 aliphatic heterocycles. The number of esters is 1. The van der Waals surface area contributed by atoms with Gasteiger partial charge in [-0.25, -0.2) is 4.98 Å². The molecule has 1 N–H and O–H groups in total. The molecule has 0 radical (unpaired) electrons. The van der Waals surface area contributed by atoms with E-state index in [-0.39, 0.29) is 18.6 Å². The number of aromatic nitrogens is 1. The molecule has 5 heteroatoms. The van der Waals surface area contributed by atoms with Gasteiger partial charge in [0.1, 0.15) is 6.54 Å². The monoisotopic (exact) mass is 238 g/mol. The number of carbonyl (C=O) groups excluding carboxylic acids is 1. The molecule has 0 aromatic carbocycles. The lowest BCUT2D eigenvalue weighted by Crippen LogP contribution is -2.18. The Bertz CT molecular complexity index is 367. The van der Waals surface area contributed by atoms with Crippen molar-refractivity contribution in [3.63, 3.8) is 0 Å². The SMILES string of the molecule is CCOC(=O)CNc1cccnc1OC(C)C. The highest BCUT2D eigenvalue weighted by Gasteiger charge is 2.08. The second kappa shape index (κ2) is 6.73. The standard InChI is InChI=1S/C12H18N2O3/c1-4-16-11(15)8-14-10-6-5-7-13-12(10)17-9(2)3/h5-7,9,14H,4,8H2,1-3H3. The summed E-state index contributed by atoms with van der Waals surface area (Å²) in [4.78, 5) is 15.3. The van der Waals surface area contributed by atoms with Crippen molar-refractivity contribution in [2.24, 2.45) is 0 Å². The van der Waals surface area contributed by atoms with Crippen LogP contribution in [-0.2, 0) is 9.53 Å². The molecule has 0 aliphatic carbocycles. The Morgan fingerprint density at radius 2 is 2.29 bits per heavy atom. The summed E-state index contributed by atoms with van der Waals surface area (Å²) in [5.74, 6) is 0.193. The number of anilines is 1. The number of ether oxygens (including phenoxy) is 2. The van der Waals surface area contributed by atoms with E-state index in [1.54, 1.807) is 19.2 Å². The lowest BCUT2D eigenvalue weighted by molar-refractivity contribution is -0.140. The molecule has 0 unspecified atom stereocenters. The van der Waals surface area contributed by atoms with E-state index in [9.17, 15) is 4.79 Å². The number of nitrogens with zero attached hydrogens (tertiary/aromatic N) is 1. The predicted molar refractivity (Wildman–Crippen MR) is 65.1 cm³/mol. The van der Waals surface area contributed by atoms with Crippen molar-refractivity contribution in [1.29, 1.82) is 0 Å². The van der Waals surface area contributed by atoms with E-state index in [1.807, 2.05) is 19.9 Å². The summed E-state index contributed by atoms with van der Waals surface area (Å²) in [5, 5.41) is 2.94. The zero-order chi connectivity index (χ0) is 12.7. The predicted octanol–water partition coefficient (Wildman–Crippen LogP) is 1.84. The van der Waals surface area contributed by atoms with Crippen LogP contribution in [-0.4, -0.2) is 30.2 Å². The van der Waals surface area contributed by atoms with Crippen LogP contribution in [0.2, 0.25) is 0 Å². The van der Waals surface area contributed by atoms with Gasteiger partial charge in [0.25, 0.3) is 0 Å². The van der Waals surface area contributed by atoms with Crippen molar-refractivity contribution >= 4 is 11.7 Å². The summed E-state index contributed by atoms with van der Waals surface area (Å²) < 4.78 is 10.3. The van der Waals surface area contributed by atoms with E-state index in [0.717, 1.165) is 0 Å². The van der Waals surface area contributed by atoms with E-state index in [2.05, 4.69) is 10.3 Å². The van der Waals surface area contributed by atoms with E-state index in [4.69, 9.17) is 9.47 Å². The zero-order valence-corrected chi connectivity index (χ0v) is 10.4. The summed E-state index contributed by atoms with van der Waals surface area (Å²) >= 11 is 0. The average Bonchev–Trinajstić information content (AvgIpc) is 2.27. The van der Waals surface area contributed by atoms with Crippen LogP contribution in [0.3, 0.4) is 0 Å². The molecule has 1 aromatic heterocycles. The maximum atomic E-state index is 11.2. The normalized spacial score (nSPS) is 10.1. The Labute approximate surface area is 101 Å². The smallest absolute Gasteiger partial charge is 0.325 e. The Balaban J connectivity index is 2.60. The van der Waals surface area contributed by atoms with Gasteiger partial charge in [0, 0.05) is 6.20 Å². The van der Waals surface area contributed by atoms with Crippen LogP contribution in [0.15, 0.2) is 18.3 Å². The highest BCUT2D eigenvalue weighted by molar-refractivity contribution is 5.75. The van der Waals surface area contributed by atoms with Crippen molar-refractivity contribution in [1.82, 2.24) is 4.98 Å². The summed E-state index contributed by atoms with van der Waals surface area (Å²) in [5.41, 5.74) is 0.689. The van der Waals surface area contributed by atoms with Gasteiger partial charge in [-0.15, -0.1) is 0 Å². The van der Waals surface area contributed by atoms with Crippen molar-refractivity contribution in [2.45, 2.75) is 26.9 Å². The second-order valence-electron chi connectivity index (χ2n) is 3.68. The Morgan fingerprint density at radius 3 is 2.94 bits per heavy atom. The number of hydrogen-bond donors (Lipinski definition) is 1. The summed E-state index contributed by atoms with van der Waals surface area (Å²) in [7, 11) is 0. The molecule has 0 bridgehead atoms. The average molecular weight is 238 g/mol. The van der Waals surface area contributed by atoms with Crippen molar-refractivity contribution in [2.75, 3.05) is 18.5 Å². The third kappa shape index (κ3) is 4.72. The highest BCUT2D eigenvalue weighted by atomic mass is 16.5. The lowest BCUT2D eigenvalue weighted by Gasteiger charge is -2.13. The van der Waals surface area contributed by atoms with Crippen LogP contribution < -0.4 is 10.1 Å². The van der Waals surface area contributed by atoms with Gasteiger partial charge in [-0.2, -0.15) is 0 Å². The molecule has 1 rings (SSSR count). The van der Waals surface area contributed by atoms with Crippen LogP contribution in [0.5, 0.6) is 5.88 Å². The summed E-state index contributed by atoms with van der Waals surface area (Å²) in [6.07, 6.45) is 1.68. The molecule has 17 heavy (non-hydrogen) atoms. The topological polar surface area (TPSA) is 60.5 Å². The van der Waals surface area contributed by atoms with Gasteiger partial charge >= 0.3 is 5.97 Å². The van der Waals surface area contributed by atoms with Gasteiger partial charge in [-0.3, -0.25) is 4.79 Å². The Hall–Kier alpha value is -1.78. The van der Waals surface area contributed by atoms with E-state index < -0.39 is 0 Å². The van der Waals surface area contributed by atoms with Gasteiger partial charge in [-0.1, -0.05) is 0 Å². The van der Waals surface area contributed by atoms with Crippen LogP contribution in [0.1, 0.15) is 20.8 Å². The molecule has 5 nitrogen and oxygen atoms in total. The van der Waals surface area contributed by atoms with Crippen LogP contribution >= 0.6 is 0 Å². The first-order valence-corrected chi connectivity index (χ1v) is 5.64. The van der Waals surface area contributed by atoms with Crippen LogP contribution in [0, 0.1) is 0 Å². The molecule has 1 aromatic rings. The molecule has 0 spiro atoms. The minimum atomic E-state index is -0.299. The van der Waals surface area contributed by atoms with Crippen molar-refractivity contribution in [3.05, 3.63) is 18.3 Å². The molecular formula is C12H18N2O3. The Kier molecular flexibility index (Phi) is 5.26. The van der Waals surface area contributed by atoms with E-state index in [0.29, 0.717) is 18.2 Å². The fourth-order valence-electron chi connectivity index (χ4n) is 1.22. The largest absolute Gasteiger partial charge is 0.473 e. The van der Waals surface area contributed by atoms with Crippen LogP contribution in [0.25, 0.3) is 0 Å². The van der Waals surface area contributed by atoms with E-state index in [1.165, 1.54) is 0 Å². The quantitative estimate of drug-likeness (QED) is 0.766. The first kappa shape index (κ1) is 13.3. The first-order chi connectivity index (χ1) is 8.13. The molecule has 0 amide bonds. The molecule has 0 fully saturated rings. The van der Waals surface area contributed by atoms with Gasteiger partial charge in [-0.05, 0) is 32.9 Å². The minimum Gasteiger partial charge on any atom is -0.473 e. The van der Waals surface area contributed by atoms with Gasteiger partial charge in [0.15, 0.2) is 0 Å². The van der Waals surface area contributed by atoms with Gasteiger partial charge in [0.2, 0.25) is 5.88 Å². The molecule has 0 saturated heterocycles. The molecule has 1 heterocycles. The number of pyridine rings is 1. The highest BCUT2D eigenvalue weighted by Crippen LogP contribution is 2.21. The van der Waals surface area contributed by atoms with E-state index >= 15 is 0 Å². The number of nitrogens with one attached hydrogen (secondary N) is 1. The number of carbonyl (C=O) groups is 1. The molecule has 0 atom stereocenters. The first-order valence-electron chi connectivity index (χ1n) is 5.64. The fourth-order valence-corrected chi connectivity index (χ4v) is 1.22. The van der Waals surface area contributed by atoms with Gasteiger partial charge in [0.05, 0.1) is 18.4 Å². The summed E-state index contributed by atoms with van der Waals surface area (Å²) in [6, 6.07) is 3.59. The zero-order valence-electron chi connectivity index (χ0n) is 10.4.